The van der Waals surface area contributed by atoms with Crippen molar-refractivity contribution in [1.29, 1.82) is 0 Å². The Hall–Kier alpha value is -0.280. The zero-order valence-corrected chi connectivity index (χ0v) is 7.43. The maximum absolute atomic E-state index is 9.15. The Morgan fingerprint density at radius 3 is 1.07 bits per heavy atom. The van der Waals surface area contributed by atoms with E-state index < -0.39 is 43.7 Å². The van der Waals surface area contributed by atoms with Gasteiger partial charge in [0.2, 0.25) is 0 Å². The average molecular weight is 212 g/mol. The van der Waals surface area contributed by atoms with Crippen LogP contribution < -0.4 is 0 Å². The van der Waals surface area contributed by atoms with Crippen LogP contribution in [-0.4, -0.2) is 79.5 Å². The van der Waals surface area contributed by atoms with Crippen LogP contribution in [0.4, 0.5) is 0 Å². The van der Waals surface area contributed by atoms with Crippen LogP contribution >= 0.6 is 0 Å². The molecule has 14 heavy (non-hydrogen) atoms. The predicted octanol–water partition coefficient (Wildman–Crippen LogP) is -4.22. The summed E-state index contributed by atoms with van der Waals surface area (Å²) in [7, 11) is 0. The minimum absolute atomic E-state index is 0.792. The van der Waals surface area contributed by atoms with E-state index in [0.29, 0.717) is 0 Å². The van der Waals surface area contributed by atoms with Gasteiger partial charge in [0, 0.05) is 0 Å². The summed E-state index contributed by atoms with van der Waals surface area (Å²) in [5.74, 6) is 0. The van der Waals surface area contributed by atoms with E-state index >= 15 is 0 Å². The molecule has 0 aromatic carbocycles. The maximum atomic E-state index is 9.15. The van der Waals surface area contributed by atoms with Crippen LogP contribution in [0.1, 0.15) is 0 Å². The first-order valence-electron chi connectivity index (χ1n) is 4.07. The fraction of sp³-hybridized carbons (Fsp3) is 1.00. The third-order valence-electron chi connectivity index (χ3n) is 1.86. The lowest BCUT2D eigenvalue weighted by atomic mass is 10.00. The summed E-state index contributed by atoms with van der Waals surface area (Å²) in [5, 5.41) is 61.9. The van der Waals surface area contributed by atoms with Crippen LogP contribution in [0, 0.1) is 0 Å². The zero-order chi connectivity index (χ0) is 11.3. The minimum Gasteiger partial charge on any atom is -0.394 e. The van der Waals surface area contributed by atoms with Gasteiger partial charge in [-0.05, 0) is 0 Å². The second-order valence-electron chi connectivity index (χ2n) is 2.97. The van der Waals surface area contributed by atoms with Gasteiger partial charge in [0.15, 0.2) is 0 Å². The van der Waals surface area contributed by atoms with Crippen molar-refractivity contribution >= 4 is 0 Å². The van der Waals surface area contributed by atoms with Crippen molar-refractivity contribution in [3.05, 3.63) is 0 Å². The number of hydrogen-bond donors (Lipinski definition) is 7. The molecule has 0 radical (unpaired) electrons. The molecule has 0 saturated heterocycles. The summed E-state index contributed by atoms with van der Waals surface area (Å²) in [6.45, 7) is -1.58. The number of aliphatic hydroxyl groups excluding tert-OH is 7. The van der Waals surface area contributed by atoms with E-state index in [2.05, 4.69) is 0 Å². The molecular weight excluding hydrogens is 196 g/mol. The van der Waals surface area contributed by atoms with Crippen molar-refractivity contribution in [3.8, 4) is 0 Å². The first-order chi connectivity index (χ1) is 6.45. The lowest BCUT2D eigenvalue weighted by Crippen LogP contribution is -2.50. The van der Waals surface area contributed by atoms with Gasteiger partial charge in [-0.3, -0.25) is 0 Å². The molecular formula is C7H16O7. The highest BCUT2D eigenvalue weighted by Gasteiger charge is 2.33. The molecule has 0 aromatic rings. The highest BCUT2D eigenvalue weighted by Crippen LogP contribution is 2.07. The third-order valence-corrected chi connectivity index (χ3v) is 1.86. The van der Waals surface area contributed by atoms with Gasteiger partial charge in [0.05, 0.1) is 13.2 Å². The van der Waals surface area contributed by atoms with Crippen LogP contribution in [0.5, 0.6) is 0 Å². The van der Waals surface area contributed by atoms with Crippen molar-refractivity contribution in [2.24, 2.45) is 0 Å². The predicted molar refractivity (Wildman–Crippen MR) is 44.2 cm³/mol. The Bertz CT molecular complexity index is 137. The van der Waals surface area contributed by atoms with Crippen LogP contribution in [0.25, 0.3) is 0 Å². The highest BCUT2D eigenvalue weighted by molar-refractivity contribution is 4.84. The van der Waals surface area contributed by atoms with Gasteiger partial charge in [-0.2, -0.15) is 0 Å². The fourth-order valence-electron chi connectivity index (χ4n) is 0.873. The summed E-state index contributed by atoms with van der Waals surface area (Å²) in [6, 6.07) is 0. The molecule has 7 heteroatoms. The second-order valence-corrected chi connectivity index (χ2v) is 2.97. The molecule has 7 nitrogen and oxygen atoms in total. The van der Waals surface area contributed by atoms with E-state index in [0.717, 1.165) is 0 Å². The third kappa shape index (κ3) is 3.46. The zero-order valence-electron chi connectivity index (χ0n) is 7.43. The van der Waals surface area contributed by atoms with E-state index in [1.807, 2.05) is 0 Å². The van der Waals surface area contributed by atoms with E-state index in [1.165, 1.54) is 0 Å². The maximum Gasteiger partial charge on any atom is 0.111 e. The Labute approximate surface area is 80.5 Å². The van der Waals surface area contributed by atoms with Gasteiger partial charge in [0.1, 0.15) is 30.5 Å². The molecule has 0 aliphatic carbocycles. The molecule has 5 atom stereocenters. The summed E-state index contributed by atoms with van der Waals surface area (Å²) in [6.07, 6.45) is -8.68. The molecule has 0 amide bonds. The highest BCUT2D eigenvalue weighted by atomic mass is 16.4. The lowest BCUT2D eigenvalue weighted by Gasteiger charge is -2.27. The molecule has 0 aliphatic heterocycles. The largest absolute Gasteiger partial charge is 0.394 e. The van der Waals surface area contributed by atoms with Crippen LogP contribution in [0.15, 0.2) is 0 Å². The van der Waals surface area contributed by atoms with Crippen LogP contribution in [-0.2, 0) is 0 Å². The van der Waals surface area contributed by atoms with Crippen molar-refractivity contribution in [1.82, 2.24) is 0 Å². The summed E-state index contributed by atoms with van der Waals surface area (Å²) >= 11 is 0. The van der Waals surface area contributed by atoms with E-state index in [1.54, 1.807) is 0 Å². The first-order valence-corrected chi connectivity index (χ1v) is 4.07. The molecule has 0 fully saturated rings. The molecule has 0 saturated carbocycles. The second kappa shape index (κ2) is 6.25. The molecule has 86 valence electrons. The van der Waals surface area contributed by atoms with Crippen LogP contribution in [0.3, 0.4) is 0 Å². The van der Waals surface area contributed by atoms with Gasteiger partial charge in [-0.25, -0.2) is 0 Å². The SMILES string of the molecule is OCC(O)[C@@H](O)C(O)[C@H](O)[C@H](O)CO. The number of aliphatic hydroxyl groups is 7. The summed E-state index contributed by atoms with van der Waals surface area (Å²) in [5.41, 5.74) is 0. The van der Waals surface area contributed by atoms with Gasteiger partial charge in [-0.15, -0.1) is 0 Å². The van der Waals surface area contributed by atoms with Crippen LogP contribution in [0.2, 0.25) is 0 Å². The number of rotatable bonds is 6. The molecule has 0 aliphatic rings. The Kier molecular flexibility index (Phi) is 6.12. The molecule has 2 unspecified atom stereocenters. The molecule has 0 rings (SSSR count). The standard InChI is InChI=1S/C7H16O7/c8-1-3(10)5(12)7(14)6(13)4(11)2-9/h3-14H,1-2H2/t3-,4?,5-,6-,7?/m1/s1. The van der Waals surface area contributed by atoms with Crippen molar-refractivity contribution < 1.29 is 35.7 Å². The molecule has 0 heterocycles. The van der Waals surface area contributed by atoms with E-state index in [9.17, 15) is 0 Å². The molecule has 7 N–H and O–H groups in total. The van der Waals surface area contributed by atoms with Gasteiger partial charge < -0.3 is 35.7 Å². The Morgan fingerprint density at radius 1 is 0.571 bits per heavy atom. The minimum atomic E-state index is -1.85. The quantitative estimate of drug-likeness (QED) is 0.236. The monoisotopic (exact) mass is 212 g/mol. The normalized spacial score (nSPS) is 22.5. The van der Waals surface area contributed by atoms with Gasteiger partial charge in [-0.1, -0.05) is 0 Å². The molecule has 0 spiro atoms. The number of hydrogen-bond acceptors (Lipinski definition) is 7. The van der Waals surface area contributed by atoms with Gasteiger partial charge >= 0.3 is 0 Å². The molecule has 0 aromatic heterocycles. The van der Waals surface area contributed by atoms with Crippen molar-refractivity contribution in [3.63, 3.8) is 0 Å². The van der Waals surface area contributed by atoms with Gasteiger partial charge in [0.25, 0.3) is 0 Å². The first kappa shape index (κ1) is 13.7. The molecule has 0 bridgehead atoms. The summed E-state index contributed by atoms with van der Waals surface area (Å²) < 4.78 is 0. The van der Waals surface area contributed by atoms with E-state index in [4.69, 9.17) is 35.7 Å². The van der Waals surface area contributed by atoms with E-state index in [-0.39, 0.29) is 0 Å². The Balaban J connectivity index is 4.22. The van der Waals surface area contributed by atoms with Crippen molar-refractivity contribution in [2.45, 2.75) is 30.5 Å². The van der Waals surface area contributed by atoms with Crippen molar-refractivity contribution in [2.75, 3.05) is 13.2 Å². The lowest BCUT2D eigenvalue weighted by molar-refractivity contribution is -0.145. The average Bonchev–Trinajstić information content (AvgIpc) is 2.23. The smallest absolute Gasteiger partial charge is 0.111 e. The topological polar surface area (TPSA) is 142 Å². The summed E-state index contributed by atoms with van der Waals surface area (Å²) in [4.78, 5) is 0. The Morgan fingerprint density at radius 2 is 0.857 bits per heavy atom. The fourth-order valence-corrected chi connectivity index (χ4v) is 0.873.